The van der Waals surface area contributed by atoms with Gasteiger partial charge < -0.3 is 29.0 Å². The third kappa shape index (κ3) is 5.45. The van der Waals surface area contributed by atoms with Gasteiger partial charge in [0.2, 0.25) is 0 Å². The van der Waals surface area contributed by atoms with E-state index in [1.54, 1.807) is 68.0 Å². The second-order valence-corrected chi connectivity index (χ2v) is 9.61. The first-order valence-electron chi connectivity index (χ1n) is 13.4. The normalized spacial score (nSPS) is 17.6. The lowest BCUT2D eigenvalue weighted by Gasteiger charge is -2.26. The van der Waals surface area contributed by atoms with Crippen LogP contribution < -0.4 is 18.9 Å². The van der Waals surface area contributed by atoms with Crippen LogP contribution >= 0.6 is 0 Å². The highest BCUT2D eigenvalue weighted by Crippen LogP contribution is 2.43. The second-order valence-electron chi connectivity index (χ2n) is 9.61. The number of hydrogen-bond acceptors (Lipinski definition) is 8. The van der Waals surface area contributed by atoms with Crippen molar-refractivity contribution in [1.29, 1.82) is 0 Å². The number of aliphatic hydroxyl groups excluding tert-OH is 1. The number of carbonyl (C=O) groups excluding carboxylic acids is 2. The molecule has 5 rings (SSSR count). The van der Waals surface area contributed by atoms with Gasteiger partial charge in [0, 0.05) is 24.5 Å². The van der Waals surface area contributed by atoms with E-state index in [4.69, 9.17) is 18.9 Å². The van der Waals surface area contributed by atoms with E-state index in [0.717, 1.165) is 24.8 Å². The fourth-order valence-corrected chi connectivity index (χ4v) is 4.93. The van der Waals surface area contributed by atoms with Gasteiger partial charge >= 0.3 is 0 Å². The van der Waals surface area contributed by atoms with Crippen molar-refractivity contribution in [2.45, 2.75) is 38.8 Å². The summed E-state index contributed by atoms with van der Waals surface area (Å²) in [6.45, 7) is 3.63. The van der Waals surface area contributed by atoms with Crippen LogP contribution in [0.4, 0.5) is 0 Å². The Hall–Kier alpha value is -4.53. The molecule has 208 valence electrons. The highest BCUT2D eigenvalue weighted by atomic mass is 16.6. The molecule has 0 aliphatic carbocycles. The molecule has 0 radical (unpaired) electrons. The molecule has 1 N–H and O–H groups in total. The van der Waals surface area contributed by atoms with Crippen molar-refractivity contribution in [2.24, 2.45) is 0 Å². The summed E-state index contributed by atoms with van der Waals surface area (Å²) in [5.41, 5.74) is 1.72. The number of pyridine rings is 1. The fourth-order valence-electron chi connectivity index (χ4n) is 4.93. The summed E-state index contributed by atoms with van der Waals surface area (Å²) in [7, 11) is 1.54. The highest BCUT2D eigenvalue weighted by Gasteiger charge is 2.46. The minimum absolute atomic E-state index is 0.0191. The molecule has 1 atom stereocenters. The molecule has 2 aromatic carbocycles. The molecule has 1 unspecified atom stereocenters. The van der Waals surface area contributed by atoms with E-state index in [1.807, 2.05) is 0 Å². The van der Waals surface area contributed by atoms with Crippen molar-refractivity contribution < 1.29 is 33.6 Å². The van der Waals surface area contributed by atoms with Gasteiger partial charge in [0.05, 0.1) is 25.3 Å². The van der Waals surface area contributed by atoms with Crippen LogP contribution in [0.5, 0.6) is 23.0 Å². The SMILES string of the molecule is CCCCCOc1ccc(C2/C(=C(\O)c3ccc4c(c3)OCCO4)C(=O)C(=O)N2Cc2ccncc2)cc1OC. The van der Waals surface area contributed by atoms with E-state index in [-0.39, 0.29) is 17.9 Å². The molecule has 40 heavy (non-hydrogen) atoms. The minimum Gasteiger partial charge on any atom is -0.507 e. The zero-order valence-electron chi connectivity index (χ0n) is 22.6. The molecular formula is C31H32N2O7. The molecule has 3 heterocycles. The number of Topliss-reactive ketones (excluding diaryl/α,β-unsaturated/α-hetero) is 1. The average molecular weight is 545 g/mol. The van der Waals surface area contributed by atoms with Crippen LogP contribution in [0.25, 0.3) is 5.76 Å². The predicted octanol–water partition coefficient (Wildman–Crippen LogP) is 5.05. The number of ketones is 1. The largest absolute Gasteiger partial charge is 0.507 e. The van der Waals surface area contributed by atoms with Gasteiger partial charge in [-0.3, -0.25) is 14.6 Å². The van der Waals surface area contributed by atoms with Crippen molar-refractivity contribution in [2.75, 3.05) is 26.9 Å². The van der Waals surface area contributed by atoms with Crippen molar-refractivity contribution in [3.8, 4) is 23.0 Å². The number of ether oxygens (including phenoxy) is 4. The Morgan fingerprint density at radius 3 is 2.52 bits per heavy atom. The summed E-state index contributed by atoms with van der Waals surface area (Å²) < 4.78 is 22.8. The van der Waals surface area contributed by atoms with Gasteiger partial charge in [0.1, 0.15) is 19.0 Å². The molecule has 9 heteroatoms. The summed E-state index contributed by atoms with van der Waals surface area (Å²) in [6, 6.07) is 13.0. The predicted molar refractivity (Wildman–Crippen MR) is 148 cm³/mol. The number of nitrogens with zero attached hydrogens (tertiary/aromatic N) is 2. The van der Waals surface area contributed by atoms with E-state index in [9.17, 15) is 14.7 Å². The zero-order valence-corrected chi connectivity index (χ0v) is 22.6. The maximum Gasteiger partial charge on any atom is 0.295 e. The van der Waals surface area contributed by atoms with E-state index in [1.165, 1.54) is 4.90 Å². The number of methoxy groups -OCH3 is 1. The summed E-state index contributed by atoms with van der Waals surface area (Å²) >= 11 is 0. The van der Waals surface area contributed by atoms with Crippen LogP contribution in [0.2, 0.25) is 0 Å². The van der Waals surface area contributed by atoms with Crippen molar-refractivity contribution in [3.05, 3.63) is 83.2 Å². The molecule has 2 aliphatic rings. The molecule has 1 fully saturated rings. The van der Waals surface area contributed by atoms with Crippen molar-refractivity contribution in [1.82, 2.24) is 9.88 Å². The van der Waals surface area contributed by atoms with Crippen LogP contribution in [0, 0.1) is 0 Å². The highest BCUT2D eigenvalue weighted by molar-refractivity contribution is 6.46. The zero-order chi connectivity index (χ0) is 28.1. The van der Waals surface area contributed by atoms with Crippen LogP contribution in [0.15, 0.2) is 66.5 Å². The van der Waals surface area contributed by atoms with Crippen LogP contribution in [-0.2, 0) is 16.1 Å². The number of aliphatic hydroxyl groups is 1. The lowest BCUT2D eigenvalue weighted by atomic mass is 9.94. The van der Waals surface area contributed by atoms with Crippen LogP contribution in [0.3, 0.4) is 0 Å². The Morgan fingerprint density at radius 1 is 1.00 bits per heavy atom. The Bertz CT molecular complexity index is 1420. The van der Waals surface area contributed by atoms with Gasteiger partial charge in [0.15, 0.2) is 23.0 Å². The maximum atomic E-state index is 13.5. The van der Waals surface area contributed by atoms with Crippen LogP contribution in [-0.4, -0.2) is 53.6 Å². The minimum atomic E-state index is -0.871. The lowest BCUT2D eigenvalue weighted by molar-refractivity contribution is -0.140. The number of benzene rings is 2. The Labute approximate surface area is 233 Å². The topological polar surface area (TPSA) is 107 Å². The Balaban J connectivity index is 1.58. The fraction of sp³-hybridized carbons (Fsp3) is 0.323. The van der Waals surface area contributed by atoms with E-state index >= 15 is 0 Å². The second kappa shape index (κ2) is 12.1. The molecule has 3 aromatic rings. The van der Waals surface area contributed by atoms with Gasteiger partial charge in [-0.15, -0.1) is 0 Å². The summed E-state index contributed by atoms with van der Waals surface area (Å²) in [5.74, 6) is 0.283. The van der Waals surface area contributed by atoms with Gasteiger partial charge in [-0.05, 0) is 60.0 Å². The quantitative estimate of drug-likeness (QED) is 0.164. The van der Waals surface area contributed by atoms with E-state index in [2.05, 4.69) is 11.9 Å². The molecule has 0 spiro atoms. The Kier molecular flexibility index (Phi) is 8.19. The summed E-state index contributed by atoms with van der Waals surface area (Å²) in [4.78, 5) is 32.4. The molecule has 2 aliphatic heterocycles. The average Bonchev–Trinajstić information content (AvgIpc) is 3.24. The van der Waals surface area contributed by atoms with Crippen molar-refractivity contribution >= 4 is 17.4 Å². The molecule has 1 amide bonds. The Morgan fingerprint density at radius 2 is 1.77 bits per heavy atom. The van der Waals surface area contributed by atoms with Gasteiger partial charge in [0.25, 0.3) is 11.7 Å². The first kappa shape index (κ1) is 27.1. The molecule has 0 saturated carbocycles. The number of likely N-dealkylation sites (tertiary alicyclic amines) is 1. The number of rotatable bonds is 10. The number of amides is 1. The lowest BCUT2D eigenvalue weighted by Crippen LogP contribution is -2.29. The van der Waals surface area contributed by atoms with E-state index < -0.39 is 17.7 Å². The monoisotopic (exact) mass is 544 g/mol. The van der Waals surface area contributed by atoms with Gasteiger partial charge in [-0.1, -0.05) is 25.8 Å². The smallest absolute Gasteiger partial charge is 0.295 e. The first-order chi connectivity index (χ1) is 19.5. The summed E-state index contributed by atoms with van der Waals surface area (Å²) in [6.07, 6.45) is 6.32. The van der Waals surface area contributed by atoms with Crippen LogP contribution in [0.1, 0.15) is 48.9 Å². The molecule has 1 saturated heterocycles. The number of fused-ring (bicyclic) bond motifs is 1. The third-order valence-corrected chi connectivity index (χ3v) is 6.97. The van der Waals surface area contributed by atoms with E-state index in [0.29, 0.717) is 53.9 Å². The number of hydrogen-bond donors (Lipinski definition) is 1. The third-order valence-electron chi connectivity index (χ3n) is 6.97. The number of carbonyl (C=O) groups is 2. The molecule has 9 nitrogen and oxygen atoms in total. The molecule has 0 bridgehead atoms. The maximum absolute atomic E-state index is 13.5. The standard InChI is InChI=1S/C31H32N2O7/c1-3-4-5-14-38-23-8-6-21(17-25(23)37-2)28-27(29(34)22-7-9-24-26(18-22)40-16-15-39-24)30(35)31(36)33(28)19-20-10-12-32-13-11-20/h6-13,17-18,28,34H,3-5,14-16,19H2,1-2H3/b29-27+. The van der Waals surface area contributed by atoms with Crippen molar-refractivity contribution in [3.63, 3.8) is 0 Å². The molecule has 1 aromatic heterocycles. The number of aromatic nitrogens is 1. The first-order valence-corrected chi connectivity index (χ1v) is 13.4. The van der Waals surface area contributed by atoms with Gasteiger partial charge in [-0.2, -0.15) is 0 Å². The summed E-state index contributed by atoms with van der Waals surface area (Å²) in [5, 5.41) is 11.5. The molecular weight excluding hydrogens is 512 g/mol. The number of unbranched alkanes of at least 4 members (excludes halogenated alkanes) is 2. The van der Waals surface area contributed by atoms with Gasteiger partial charge in [-0.25, -0.2) is 0 Å².